The number of halogens is 1. The number of aryl methyl sites for hydroxylation is 2. The zero-order valence-corrected chi connectivity index (χ0v) is 20.8. The zero-order chi connectivity index (χ0) is 20.1. The number of benzene rings is 1. The van der Waals surface area contributed by atoms with Gasteiger partial charge in [0.05, 0.1) is 26.4 Å². The molecule has 0 bridgehead atoms. The molecule has 29 heavy (non-hydrogen) atoms. The molecule has 7 heteroatoms. The maximum absolute atomic E-state index is 6.10. The molecule has 0 aliphatic carbocycles. The van der Waals surface area contributed by atoms with Gasteiger partial charge in [-0.15, -0.1) is 24.0 Å². The summed E-state index contributed by atoms with van der Waals surface area (Å²) in [5.41, 5.74) is 3.86. The number of aliphatic imine (C=N–C) groups is 1. The molecule has 0 radical (unpaired) electrons. The normalized spacial score (nSPS) is 24.7. The van der Waals surface area contributed by atoms with Gasteiger partial charge in [-0.25, -0.2) is 0 Å². The Labute approximate surface area is 193 Å². The van der Waals surface area contributed by atoms with E-state index in [0.717, 1.165) is 45.4 Å². The average Bonchev–Trinajstić information content (AvgIpc) is 2.69. The van der Waals surface area contributed by atoms with E-state index < -0.39 is 0 Å². The second-order valence-corrected chi connectivity index (χ2v) is 8.10. The van der Waals surface area contributed by atoms with E-state index in [1.54, 1.807) is 0 Å². The first-order valence-corrected chi connectivity index (χ1v) is 10.5. The zero-order valence-electron chi connectivity index (χ0n) is 18.5. The number of hydrogen-bond donors (Lipinski definition) is 1. The van der Waals surface area contributed by atoms with E-state index in [1.165, 1.54) is 16.7 Å². The third-order valence-electron chi connectivity index (χ3n) is 5.89. The first kappa shape index (κ1) is 24.4. The van der Waals surface area contributed by atoms with Crippen molar-refractivity contribution in [3.63, 3.8) is 0 Å². The maximum Gasteiger partial charge on any atom is 0.193 e. The van der Waals surface area contributed by atoms with Crippen molar-refractivity contribution in [3.05, 3.63) is 34.9 Å². The van der Waals surface area contributed by atoms with Gasteiger partial charge in [-0.3, -0.25) is 9.89 Å². The molecule has 164 valence electrons. The van der Waals surface area contributed by atoms with Crippen molar-refractivity contribution < 1.29 is 9.47 Å². The Balaban J connectivity index is 0.00000300. The van der Waals surface area contributed by atoms with Gasteiger partial charge in [0.25, 0.3) is 0 Å². The second-order valence-electron chi connectivity index (χ2n) is 8.10. The van der Waals surface area contributed by atoms with Crippen LogP contribution in [-0.2, 0) is 9.47 Å². The quantitative estimate of drug-likeness (QED) is 0.379. The monoisotopic (exact) mass is 516 g/mol. The number of morpholine rings is 2. The Morgan fingerprint density at radius 2 is 2.07 bits per heavy atom. The van der Waals surface area contributed by atoms with Crippen LogP contribution in [0.3, 0.4) is 0 Å². The molecular formula is C22H37IN4O2. The largest absolute Gasteiger partial charge is 0.379 e. The van der Waals surface area contributed by atoms with E-state index in [9.17, 15) is 0 Å². The highest BCUT2D eigenvalue weighted by molar-refractivity contribution is 14.0. The van der Waals surface area contributed by atoms with Crippen molar-refractivity contribution in [2.24, 2.45) is 4.99 Å². The molecule has 6 nitrogen and oxygen atoms in total. The van der Waals surface area contributed by atoms with Crippen LogP contribution in [0.5, 0.6) is 0 Å². The van der Waals surface area contributed by atoms with Crippen LogP contribution >= 0.6 is 24.0 Å². The van der Waals surface area contributed by atoms with Gasteiger partial charge in [-0.05, 0) is 38.8 Å². The van der Waals surface area contributed by atoms with Crippen LogP contribution in [0, 0.1) is 13.8 Å². The van der Waals surface area contributed by atoms with Crippen LogP contribution in [-0.4, -0.2) is 80.9 Å². The summed E-state index contributed by atoms with van der Waals surface area (Å²) in [6, 6.07) is 7.51. The Bertz CT molecular complexity index is 685. The summed E-state index contributed by atoms with van der Waals surface area (Å²) in [5.74, 6) is 0.964. The van der Waals surface area contributed by atoms with E-state index in [0.29, 0.717) is 18.7 Å². The molecule has 3 atom stereocenters. The lowest BCUT2D eigenvalue weighted by Gasteiger charge is -2.39. The molecule has 0 saturated carbocycles. The van der Waals surface area contributed by atoms with Crippen LogP contribution < -0.4 is 5.32 Å². The fourth-order valence-electron chi connectivity index (χ4n) is 4.30. The van der Waals surface area contributed by atoms with Gasteiger partial charge in [0.2, 0.25) is 0 Å². The molecule has 0 aromatic heterocycles. The van der Waals surface area contributed by atoms with Gasteiger partial charge in [0.15, 0.2) is 5.96 Å². The summed E-state index contributed by atoms with van der Waals surface area (Å²) < 4.78 is 11.7. The maximum atomic E-state index is 6.10. The number of hydrogen-bond acceptors (Lipinski definition) is 4. The summed E-state index contributed by atoms with van der Waals surface area (Å²) in [5, 5.41) is 3.59. The van der Waals surface area contributed by atoms with Crippen molar-refractivity contribution >= 4 is 29.9 Å². The third kappa shape index (κ3) is 6.29. The van der Waals surface area contributed by atoms with Crippen molar-refractivity contribution in [2.45, 2.75) is 45.9 Å². The number of ether oxygens (including phenoxy) is 2. The number of rotatable bonds is 4. The van der Waals surface area contributed by atoms with E-state index in [-0.39, 0.29) is 30.1 Å². The van der Waals surface area contributed by atoms with Crippen molar-refractivity contribution in [3.8, 4) is 0 Å². The molecule has 2 fully saturated rings. The molecular weight excluding hydrogens is 479 g/mol. The molecule has 3 rings (SSSR count). The predicted octanol–water partition coefficient (Wildman–Crippen LogP) is 2.98. The van der Waals surface area contributed by atoms with E-state index in [4.69, 9.17) is 9.47 Å². The third-order valence-corrected chi connectivity index (χ3v) is 5.89. The lowest BCUT2D eigenvalue weighted by atomic mass is 10.00. The lowest BCUT2D eigenvalue weighted by molar-refractivity contribution is -0.0185. The topological polar surface area (TPSA) is 49.3 Å². The van der Waals surface area contributed by atoms with Gasteiger partial charge < -0.3 is 19.7 Å². The number of guanidine groups is 1. The minimum absolute atomic E-state index is 0. The predicted molar refractivity (Wildman–Crippen MR) is 129 cm³/mol. The Morgan fingerprint density at radius 3 is 2.76 bits per heavy atom. The highest BCUT2D eigenvalue weighted by atomic mass is 127. The van der Waals surface area contributed by atoms with Crippen molar-refractivity contribution in [1.29, 1.82) is 0 Å². The molecule has 2 saturated heterocycles. The average molecular weight is 516 g/mol. The molecule has 0 spiro atoms. The minimum Gasteiger partial charge on any atom is -0.379 e. The second kappa shape index (κ2) is 11.5. The van der Waals surface area contributed by atoms with Gasteiger partial charge in [-0.2, -0.15) is 0 Å². The highest BCUT2D eigenvalue weighted by Crippen LogP contribution is 2.26. The molecule has 2 heterocycles. The molecule has 1 N–H and O–H groups in total. The van der Waals surface area contributed by atoms with Gasteiger partial charge in [0, 0.05) is 38.8 Å². The van der Waals surface area contributed by atoms with Crippen LogP contribution in [0.1, 0.15) is 36.6 Å². The summed E-state index contributed by atoms with van der Waals surface area (Å²) in [6.45, 7) is 14.7. The Hall–Kier alpha value is -0.900. The molecule has 3 unspecified atom stereocenters. The molecule has 2 aliphatic rings. The van der Waals surface area contributed by atoms with E-state index in [2.05, 4.69) is 66.0 Å². The lowest BCUT2D eigenvalue weighted by Crippen LogP contribution is -2.54. The van der Waals surface area contributed by atoms with Gasteiger partial charge in [0.1, 0.15) is 6.10 Å². The standard InChI is InChI=1S/C22H36N4O2.HI/c1-16-6-7-20(17(2)12-16)21-14-25(8-11-28-21)22(23-5)24-13-18(3)26-9-10-27-15-19(26)4;/h6-7,12,18-19,21H,8-11,13-15H2,1-5H3,(H,23,24);1H. The molecule has 1 aromatic carbocycles. The highest BCUT2D eigenvalue weighted by Gasteiger charge is 2.27. The van der Waals surface area contributed by atoms with Crippen molar-refractivity contribution in [2.75, 3.05) is 53.0 Å². The van der Waals surface area contributed by atoms with E-state index >= 15 is 0 Å². The molecule has 0 amide bonds. The van der Waals surface area contributed by atoms with Crippen molar-refractivity contribution in [1.82, 2.24) is 15.1 Å². The van der Waals surface area contributed by atoms with Crippen LogP contribution in [0.15, 0.2) is 23.2 Å². The SMILES string of the molecule is CN=C(NCC(C)N1CCOCC1C)N1CCOC(c2ccc(C)cc2C)C1.I. The fraction of sp³-hybridized carbons (Fsp3) is 0.682. The van der Waals surface area contributed by atoms with Crippen LogP contribution in [0.2, 0.25) is 0 Å². The Morgan fingerprint density at radius 1 is 1.28 bits per heavy atom. The number of nitrogens with one attached hydrogen (secondary N) is 1. The summed E-state index contributed by atoms with van der Waals surface area (Å²) in [6.07, 6.45) is 0.0876. The molecule has 2 aliphatic heterocycles. The molecule has 1 aromatic rings. The van der Waals surface area contributed by atoms with Crippen LogP contribution in [0.25, 0.3) is 0 Å². The first-order valence-electron chi connectivity index (χ1n) is 10.5. The van der Waals surface area contributed by atoms with Gasteiger partial charge in [-0.1, -0.05) is 23.8 Å². The summed E-state index contributed by atoms with van der Waals surface area (Å²) >= 11 is 0. The summed E-state index contributed by atoms with van der Waals surface area (Å²) in [7, 11) is 1.87. The Kier molecular flexibility index (Phi) is 9.65. The minimum atomic E-state index is 0. The number of nitrogens with zero attached hydrogens (tertiary/aromatic N) is 3. The van der Waals surface area contributed by atoms with E-state index in [1.807, 2.05) is 7.05 Å². The van der Waals surface area contributed by atoms with Crippen LogP contribution in [0.4, 0.5) is 0 Å². The first-order chi connectivity index (χ1) is 13.5. The smallest absolute Gasteiger partial charge is 0.193 e. The summed E-state index contributed by atoms with van der Waals surface area (Å²) in [4.78, 5) is 9.38. The fourth-order valence-corrected chi connectivity index (χ4v) is 4.30. The van der Waals surface area contributed by atoms with Gasteiger partial charge >= 0.3 is 0 Å².